The van der Waals surface area contributed by atoms with Crippen LogP contribution in [-0.2, 0) is 6.18 Å². The molecule has 2 aliphatic rings. The van der Waals surface area contributed by atoms with E-state index in [4.69, 9.17) is 9.84 Å². The normalized spacial score (nSPS) is 17.6. The number of alkyl halides is 3. The monoisotopic (exact) mass is 531 g/mol. The molecule has 200 valence electrons. The predicted molar refractivity (Wildman–Crippen MR) is 130 cm³/mol. The number of nitrogens with zero attached hydrogens (tertiary/aromatic N) is 6. The van der Waals surface area contributed by atoms with E-state index in [9.17, 15) is 23.1 Å². The third-order valence-corrected chi connectivity index (χ3v) is 6.24. The van der Waals surface area contributed by atoms with Crippen LogP contribution in [0.4, 0.5) is 35.3 Å². The van der Waals surface area contributed by atoms with Crippen LogP contribution in [0.1, 0.15) is 18.4 Å². The van der Waals surface area contributed by atoms with E-state index >= 15 is 0 Å². The molecule has 2 atom stereocenters. The molecular weight excluding hydrogens is 507 g/mol. The zero-order valence-electron chi connectivity index (χ0n) is 20.0. The molecule has 1 fully saturated rings. The first-order valence-electron chi connectivity index (χ1n) is 11.9. The Morgan fingerprint density at radius 3 is 2.79 bits per heavy atom. The Labute approximate surface area is 214 Å². The first-order chi connectivity index (χ1) is 18.2. The highest BCUT2D eigenvalue weighted by molar-refractivity contribution is 6.04. The third-order valence-electron chi connectivity index (χ3n) is 6.24. The molecule has 4 heterocycles. The van der Waals surface area contributed by atoms with Crippen LogP contribution in [0.25, 0.3) is 11.4 Å². The summed E-state index contributed by atoms with van der Waals surface area (Å²) in [6.45, 7) is 0.686. The quantitative estimate of drug-likeness (QED) is 0.439. The number of urea groups is 1. The van der Waals surface area contributed by atoms with E-state index in [2.05, 4.69) is 30.2 Å². The number of hydrogen-bond acceptors (Lipinski definition) is 9. The first kappa shape index (κ1) is 25.6. The standard InChI is InChI=1S/C24H24F3N7O4/c25-24(26,27)15-4-1-3-14(7-15)21-30-8-18-22(32-21)34(16-5-2-6-33(18)11-16)23(37)31-19-9-29-20(10-28-19)38-13-17(36)12-35/h1,3-4,7-10,16-17,35-36H,2,5-6,11-13H2,(H,28,31,37)/t16-,17+/m0/s1. The van der Waals surface area contributed by atoms with E-state index < -0.39 is 30.5 Å². The molecule has 0 spiro atoms. The Bertz CT molecular complexity index is 1310. The summed E-state index contributed by atoms with van der Waals surface area (Å²) in [6, 6.07) is 4.00. The maximum Gasteiger partial charge on any atom is 0.416 e. The highest BCUT2D eigenvalue weighted by Gasteiger charge is 2.39. The average molecular weight is 531 g/mol. The number of carbonyl (C=O) groups is 1. The van der Waals surface area contributed by atoms with Gasteiger partial charge in [-0.2, -0.15) is 13.2 Å². The molecule has 11 nitrogen and oxygen atoms in total. The van der Waals surface area contributed by atoms with Gasteiger partial charge in [-0.3, -0.25) is 10.2 Å². The lowest BCUT2D eigenvalue weighted by atomic mass is 10.0. The largest absolute Gasteiger partial charge is 0.474 e. The molecule has 1 aromatic carbocycles. The van der Waals surface area contributed by atoms with Gasteiger partial charge in [0.15, 0.2) is 17.5 Å². The van der Waals surface area contributed by atoms with E-state index in [0.29, 0.717) is 18.1 Å². The molecule has 1 saturated heterocycles. The molecule has 2 bridgehead atoms. The molecular formula is C24H24F3N7O4. The minimum Gasteiger partial charge on any atom is -0.474 e. The number of aromatic nitrogens is 4. The van der Waals surface area contributed by atoms with Crippen molar-refractivity contribution < 1.29 is 32.9 Å². The van der Waals surface area contributed by atoms with Crippen molar-refractivity contribution in [3.63, 3.8) is 0 Å². The number of aliphatic hydroxyl groups is 2. The van der Waals surface area contributed by atoms with Crippen molar-refractivity contribution in [2.75, 3.05) is 41.4 Å². The van der Waals surface area contributed by atoms with Crippen LogP contribution >= 0.6 is 0 Å². The fourth-order valence-electron chi connectivity index (χ4n) is 4.42. The van der Waals surface area contributed by atoms with E-state index in [0.717, 1.165) is 31.5 Å². The second-order valence-corrected chi connectivity index (χ2v) is 8.91. The van der Waals surface area contributed by atoms with Crippen molar-refractivity contribution in [1.29, 1.82) is 0 Å². The number of anilines is 3. The van der Waals surface area contributed by atoms with Gasteiger partial charge in [-0.1, -0.05) is 12.1 Å². The third kappa shape index (κ3) is 5.31. The first-order valence-corrected chi connectivity index (χ1v) is 11.9. The zero-order valence-corrected chi connectivity index (χ0v) is 20.0. The Hall–Kier alpha value is -4.04. The van der Waals surface area contributed by atoms with Gasteiger partial charge in [0, 0.05) is 18.7 Å². The molecule has 2 aliphatic heterocycles. The van der Waals surface area contributed by atoms with Crippen LogP contribution in [0, 0.1) is 0 Å². The van der Waals surface area contributed by atoms with Crippen molar-refractivity contribution >= 4 is 23.4 Å². The lowest BCUT2D eigenvalue weighted by molar-refractivity contribution is -0.137. The number of nitrogens with one attached hydrogen (secondary N) is 1. The Kier molecular flexibility index (Phi) is 6.99. The highest BCUT2D eigenvalue weighted by atomic mass is 19.4. The summed E-state index contributed by atoms with van der Waals surface area (Å²) in [5, 5.41) is 20.9. The van der Waals surface area contributed by atoms with Crippen molar-refractivity contribution in [2.24, 2.45) is 0 Å². The summed E-state index contributed by atoms with van der Waals surface area (Å²) in [6.07, 6.45) is 0.0662. The number of amides is 2. The van der Waals surface area contributed by atoms with Crippen LogP contribution in [-0.4, -0.2) is 74.6 Å². The number of aliphatic hydroxyl groups excluding tert-OH is 2. The Balaban J connectivity index is 1.41. The summed E-state index contributed by atoms with van der Waals surface area (Å²) < 4.78 is 45.0. The zero-order chi connectivity index (χ0) is 26.9. The number of carbonyl (C=O) groups excluding carboxylic acids is 1. The van der Waals surface area contributed by atoms with E-state index in [1.165, 1.54) is 35.6 Å². The van der Waals surface area contributed by atoms with Gasteiger partial charge in [-0.25, -0.2) is 24.7 Å². The fraction of sp³-hybridized carbons (Fsp3) is 0.375. The number of piperidine rings is 1. The Morgan fingerprint density at radius 1 is 1.21 bits per heavy atom. The van der Waals surface area contributed by atoms with Gasteiger partial charge < -0.3 is 19.8 Å². The number of benzene rings is 1. The summed E-state index contributed by atoms with van der Waals surface area (Å²) in [4.78, 5) is 34.0. The second-order valence-electron chi connectivity index (χ2n) is 8.91. The Morgan fingerprint density at radius 2 is 2.05 bits per heavy atom. The number of fused-ring (bicyclic) bond motifs is 4. The molecule has 3 aromatic rings. The summed E-state index contributed by atoms with van der Waals surface area (Å²) >= 11 is 0. The van der Waals surface area contributed by atoms with Gasteiger partial charge in [-0.05, 0) is 25.0 Å². The van der Waals surface area contributed by atoms with Gasteiger partial charge in [0.05, 0.1) is 42.5 Å². The predicted octanol–water partition coefficient (Wildman–Crippen LogP) is 2.71. The highest BCUT2D eigenvalue weighted by Crippen LogP contribution is 2.39. The smallest absolute Gasteiger partial charge is 0.416 e. The van der Waals surface area contributed by atoms with Gasteiger partial charge in [0.2, 0.25) is 5.88 Å². The summed E-state index contributed by atoms with van der Waals surface area (Å²) in [7, 11) is 0. The van der Waals surface area contributed by atoms with Gasteiger partial charge in [0.1, 0.15) is 12.7 Å². The lowest BCUT2D eigenvalue weighted by Gasteiger charge is -2.45. The fourth-order valence-corrected chi connectivity index (χ4v) is 4.42. The van der Waals surface area contributed by atoms with Crippen LogP contribution in [0.2, 0.25) is 0 Å². The van der Waals surface area contributed by atoms with E-state index in [-0.39, 0.29) is 35.7 Å². The van der Waals surface area contributed by atoms with Gasteiger partial charge in [-0.15, -0.1) is 0 Å². The molecule has 2 aromatic heterocycles. The van der Waals surface area contributed by atoms with Crippen LogP contribution in [0.15, 0.2) is 42.9 Å². The van der Waals surface area contributed by atoms with Gasteiger partial charge in [0.25, 0.3) is 0 Å². The summed E-state index contributed by atoms with van der Waals surface area (Å²) in [5.41, 5.74) is -0.0194. The van der Waals surface area contributed by atoms with Crippen molar-refractivity contribution in [3.05, 3.63) is 48.4 Å². The van der Waals surface area contributed by atoms with Crippen molar-refractivity contribution in [3.8, 4) is 17.3 Å². The summed E-state index contributed by atoms with van der Waals surface area (Å²) in [5.74, 6) is 0.601. The minimum atomic E-state index is -4.51. The minimum absolute atomic E-state index is 0.0696. The van der Waals surface area contributed by atoms with Gasteiger partial charge >= 0.3 is 12.2 Å². The molecule has 0 aliphatic carbocycles. The van der Waals surface area contributed by atoms with Crippen LogP contribution in [0.3, 0.4) is 0 Å². The number of rotatable bonds is 6. The molecule has 0 unspecified atom stereocenters. The van der Waals surface area contributed by atoms with Crippen molar-refractivity contribution in [1.82, 2.24) is 19.9 Å². The maximum atomic E-state index is 13.4. The molecule has 14 heteroatoms. The van der Waals surface area contributed by atoms with E-state index in [1.807, 2.05) is 0 Å². The second kappa shape index (κ2) is 10.4. The lowest BCUT2D eigenvalue weighted by Crippen LogP contribution is -2.56. The molecule has 3 N–H and O–H groups in total. The van der Waals surface area contributed by atoms with Crippen molar-refractivity contribution in [2.45, 2.75) is 31.2 Å². The molecule has 0 saturated carbocycles. The molecule has 5 rings (SSSR count). The number of ether oxygens (including phenoxy) is 1. The molecule has 2 amide bonds. The molecule has 0 radical (unpaired) electrons. The van der Waals surface area contributed by atoms with Crippen LogP contribution in [0.5, 0.6) is 5.88 Å². The van der Waals surface area contributed by atoms with E-state index in [1.54, 1.807) is 0 Å². The average Bonchev–Trinajstić information content (AvgIpc) is 2.92. The number of hydrogen-bond donors (Lipinski definition) is 3. The SMILES string of the molecule is O=C(Nc1cnc(OC[C@H](O)CO)cn1)N1c2nc(-c3cccc(C(F)(F)F)c3)ncc2N2CCC[C@H]1C2. The maximum absolute atomic E-state index is 13.4. The topological polar surface area (TPSA) is 137 Å². The number of halogens is 3. The molecule has 38 heavy (non-hydrogen) atoms. The van der Waals surface area contributed by atoms with Crippen LogP contribution < -0.4 is 19.9 Å².